The zero-order valence-corrected chi connectivity index (χ0v) is 12.4. The number of hydrogen-bond acceptors (Lipinski definition) is 2. The van der Waals surface area contributed by atoms with E-state index < -0.39 is 0 Å². The molecule has 0 fully saturated rings. The van der Waals surface area contributed by atoms with Crippen LogP contribution in [0.3, 0.4) is 0 Å². The van der Waals surface area contributed by atoms with Crippen LogP contribution in [0.2, 0.25) is 5.02 Å². The molecule has 1 atom stereocenters. The average molecular weight is 285 g/mol. The lowest BCUT2D eigenvalue weighted by molar-refractivity contribution is 0.882. The van der Waals surface area contributed by atoms with Gasteiger partial charge in [0, 0.05) is 11.1 Å². The van der Waals surface area contributed by atoms with Gasteiger partial charge in [0.15, 0.2) is 0 Å². The Bertz CT molecular complexity index is 626. The van der Waals surface area contributed by atoms with Crippen molar-refractivity contribution in [3.05, 3.63) is 64.2 Å². The largest absolute Gasteiger partial charge is 0.377 e. The topological polar surface area (TPSA) is 35.8 Å². The number of nitrogens with one attached hydrogen (secondary N) is 1. The molecule has 1 N–H and O–H groups in total. The third-order valence-electron chi connectivity index (χ3n) is 3.36. The maximum absolute atomic E-state index is 9.13. The van der Waals surface area contributed by atoms with Gasteiger partial charge in [0.2, 0.25) is 0 Å². The summed E-state index contributed by atoms with van der Waals surface area (Å²) in [5, 5.41) is 13.1. The summed E-state index contributed by atoms with van der Waals surface area (Å²) >= 11 is 5.99. The average Bonchev–Trinajstić information content (AvgIpc) is 2.47. The third kappa shape index (κ3) is 3.31. The highest BCUT2D eigenvalue weighted by Gasteiger charge is 2.09. The minimum atomic E-state index is 0.117. The zero-order valence-electron chi connectivity index (χ0n) is 11.7. The van der Waals surface area contributed by atoms with Crippen LogP contribution in [0.5, 0.6) is 0 Å². The fourth-order valence-electron chi connectivity index (χ4n) is 2.09. The molecule has 2 rings (SSSR count). The number of benzene rings is 2. The second kappa shape index (κ2) is 6.45. The molecule has 20 heavy (non-hydrogen) atoms. The van der Waals surface area contributed by atoms with Gasteiger partial charge in [-0.1, -0.05) is 42.8 Å². The van der Waals surface area contributed by atoms with Gasteiger partial charge in [0.25, 0.3) is 0 Å². The number of aryl methyl sites for hydroxylation is 1. The minimum absolute atomic E-state index is 0.117. The summed E-state index contributed by atoms with van der Waals surface area (Å²) in [6, 6.07) is 16.1. The highest BCUT2D eigenvalue weighted by molar-refractivity contribution is 6.30. The SMILES string of the molecule is CCc1ccc(C(C)Nc2cc(Cl)ccc2C#N)cc1. The maximum Gasteiger partial charge on any atom is 0.101 e. The number of hydrogen-bond donors (Lipinski definition) is 1. The number of nitriles is 1. The normalized spacial score (nSPS) is 11.7. The Balaban J connectivity index is 2.20. The quantitative estimate of drug-likeness (QED) is 0.862. The van der Waals surface area contributed by atoms with Crippen molar-refractivity contribution in [2.24, 2.45) is 0 Å². The molecular weight excluding hydrogens is 268 g/mol. The molecule has 0 radical (unpaired) electrons. The van der Waals surface area contributed by atoms with E-state index in [0.29, 0.717) is 10.6 Å². The van der Waals surface area contributed by atoms with Crippen LogP contribution >= 0.6 is 11.6 Å². The molecule has 0 aliphatic rings. The van der Waals surface area contributed by atoms with E-state index in [0.717, 1.165) is 12.1 Å². The third-order valence-corrected chi connectivity index (χ3v) is 3.60. The first-order chi connectivity index (χ1) is 9.63. The second-order valence-electron chi connectivity index (χ2n) is 4.76. The fraction of sp³-hybridized carbons (Fsp3) is 0.235. The summed E-state index contributed by atoms with van der Waals surface area (Å²) in [6.07, 6.45) is 1.04. The van der Waals surface area contributed by atoms with Gasteiger partial charge in [-0.05, 0) is 42.7 Å². The zero-order chi connectivity index (χ0) is 14.5. The van der Waals surface area contributed by atoms with Crippen LogP contribution < -0.4 is 5.32 Å². The van der Waals surface area contributed by atoms with Crippen LogP contribution in [0.25, 0.3) is 0 Å². The summed E-state index contributed by atoms with van der Waals surface area (Å²) in [6.45, 7) is 4.21. The van der Waals surface area contributed by atoms with Gasteiger partial charge in [-0.25, -0.2) is 0 Å². The van der Waals surface area contributed by atoms with Gasteiger partial charge in [-0.15, -0.1) is 0 Å². The number of halogens is 1. The molecule has 0 spiro atoms. The van der Waals surface area contributed by atoms with Crippen molar-refractivity contribution in [3.63, 3.8) is 0 Å². The maximum atomic E-state index is 9.13. The summed E-state index contributed by atoms with van der Waals surface area (Å²) in [5.74, 6) is 0. The van der Waals surface area contributed by atoms with E-state index in [1.54, 1.807) is 18.2 Å². The van der Waals surface area contributed by atoms with Crippen molar-refractivity contribution in [2.75, 3.05) is 5.32 Å². The molecule has 0 heterocycles. The molecule has 0 bridgehead atoms. The highest BCUT2D eigenvalue weighted by Crippen LogP contribution is 2.25. The number of rotatable bonds is 4. The van der Waals surface area contributed by atoms with Crippen LogP contribution in [-0.2, 0) is 6.42 Å². The van der Waals surface area contributed by atoms with Gasteiger partial charge < -0.3 is 5.32 Å². The van der Waals surface area contributed by atoms with Crippen molar-refractivity contribution < 1.29 is 0 Å². The predicted molar refractivity (Wildman–Crippen MR) is 84.0 cm³/mol. The molecule has 0 aromatic heterocycles. The summed E-state index contributed by atoms with van der Waals surface area (Å²) < 4.78 is 0. The molecule has 0 saturated heterocycles. The molecule has 2 aromatic rings. The lowest BCUT2D eigenvalue weighted by Gasteiger charge is -2.17. The molecule has 3 heteroatoms. The first-order valence-electron chi connectivity index (χ1n) is 6.69. The Labute approximate surface area is 125 Å². The van der Waals surface area contributed by atoms with Gasteiger partial charge in [0.05, 0.1) is 11.3 Å². The Morgan fingerprint density at radius 1 is 1.20 bits per heavy atom. The van der Waals surface area contributed by atoms with E-state index in [4.69, 9.17) is 16.9 Å². The lowest BCUT2D eigenvalue weighted by atomic mass is 10.0. The Hall–Kier alpha value is -1.98. The van der Waals surface area contributed by atoms with Crippen molar-refractivity contribution >= 4 is 17.3 Å². The first-order valence-corrected chi connectivity index (χ1v) is 7.07. The minimum Gasteiger partial charge on any atom is -0.377 e. The molecule has 0 aliphatic heterocycles. The molecule has 2 nitrogen and oxygen atoms in total. The van der Waals surface area contributed by atoms with Crippen LogP contribution in [0.15, 0.2) is 42.5 Å². The second-order valence-corrected chi connectivity index (χ2v) is 5.20. The Morgan fingerprint density at radius 2 is 1.90 bits per heavy atom. The highest BCUT2D eigenvalue weighted by atomic mass is 35.5. The standard InChI is InChI=1S/C17H17ClN2/c1-3-13-4-6-14(7-5-13)12(2)20-17-10-16(18)9-8-15(17)11-19/h4-10,12,20H,3H2,1-2H3. The lowest BCUT2D eigenvalue weighted by Crippen LogP contribution is -2.07. The van der Waals surface area contributed by atoms with E-state index in [2.05, 4.69) is 49.5 Å². The smallest absolute Gasteiger partial charge is 0.101 e. The monoisotopic (exact) mass is 284 g/mol. The van der Waals surface area contributed by atoms with Crippen LogP contribution in [-0.4, -0.2) is 0 Å². The fourth-order valence-corrected chi connectivity index (χ4v) is 2.26. The molecule has 0 amide bonds. The summed E-state index contributed by atoms with van der Waals surface area (Å²) in [7, 11) is 0. The Morgan fingerprint density at radius 3 is 2.50 bits per heavy atom. The van der Waals surface area contributed by atoms with Crippen molar-refractivity contribution in [1.82, 2.24) is 0 Å². The number of nitrogens with zero attached hydrogens (tertiary/aromatic N) is 1. The van der Waals surface area contributed by atoms with Crippen molar-refractivity contribution in [1.29, 1.82) is 5.26 Å². The van der Waals surface area contributed by atoms with Crippen LogP contribution in [0.1, 0.15) is 36.6 Å². The first kappa shape index (κ1) is 14.4. The van der Waals surface area contributed by atoms with Gasteiger partial charge in [0.1, 0.15) is 6.07 Å². The Kier molecular flexibility index (Phi) is 4.65. The van der Waals surface area contributed by atoms with Crippen molar-refractivity contribution in [2.45, 2.75) is 26.3 Å². The molecule has 0 aliphatic carbocycles. The molecule has 1 unspecified atom stereocenters. The summed E-state index contributed by atoms with van der Waals surface area (Å²) in [4.78, 5) is 0. The van der Waals surface area contributed by atoms with E-state index in [9.17, 15) is 0 Å². The van der Waals surface area contributed by atoms with E-state index >= 15 is 0 Å². The number of anilines is 1. The van der Waals surface area contributed by atoms with Gasteiger partial charge >= 0.3 is 0 Å². The van der Waals surface area contributed by atoms with Crippen LogP contribution in [0.4, 0.5) is 5.69 Å². The summed E-state index contributed by atoms with van der Waals surface area (Å²) in [5.41, 5.74) is 3.88. The molecule has 102 valence electrons. The van der Waals surface area contributed by atoms with E-state index in [1.807, 2.05) is 0 Å². The predicted octanol–water partition coefficient (Wildman–Crippen LogP) is 4.95. The van der Waals surface area contributed by atoms with Crippen molar-refractivity contribution in [3.8, 4) is 6.07 Å². The van der Waals surface area contributed by atoms with Gasteiger partial charge in [-0.3, -0.25) is 0 Å². The van der Waals surface area contributed by atoms with E-state index in [1.165, 1.54) is 11.1 Å². The molecule has 2 aromatic carbocycles. The molecule has 0 saturated carbocycles. The molecular formula is C17H17ClN2. The van der Waals surface area contributed by atoms with E-state index in [-0.39, 0.29) is 6.04 Å². The van der Waals surface area contributed by atoms with Gasteiger partial charge in [-0.2, -0.15) is 5.26 Å². The van der Waals surface area contributed by atoms with Crippen LogP contribution in [0, 0.1) is 11.3 Å².